The van der Waals surface area contributed by atoms with Crippen LogP contribution in [0.1, 0.15) is 84.3 Å². The van der Waals surface area contributed by atoms with E-state index in [1.807, 2.05) is 94.2 Å². The van der Waals surface area contributed by atoms with Crippen molar-refractivity contribution in [1.82, 2.24) is 30.3 Å². The molecule has 4 amide bonds. The van der Waals surface area contributed by atoms with Crippen molar-refractivity contribution in [2.75, 3.05) is 48.5 Å². The summed E-state index contributed by atoms with van der Waals surface area (Å²) in [4.78, 5) is 65.2. The van der Waals surface area contributed by atoms with Gasteiger partial charge in [0.15, 0.2) is 0 Å². The smallest absolute Gasteiger partial charge is 0.245 e. The number of ether oxygens (including phenoxy) is 2. The van der Waals surface area contributed by atoms with E-state index in [4.69, 9.17) is 9.47 Å². The van der Waals surface area contributed by atoms with Crippen LogP contribution in [0, 0.1) is 29.6 Å². The third kappa shape index (κ3) is 12.3. The van der Waals surface area contributed by atoms with Crippen molar-refractivity contribution in [2.24, 2.45) is 29.6 Å². The number of likely N-dealkylation sites (tertiary alicyclic amines) is 1. The van der Waals surface area contributed by atoms with E-state index in [9.17, 15) is 19.2 Å². The second kappa shape index (κ2) is 21.8. The Morgan fingerprint density at radius 2 is 1.62 bits per heavy atom. The number of aromatic nitrogens is 1. The molecule has 1 aromatic heterocycles. The molecule has 55 heavy (non-hydrogen) atoms. The van der Waals surface area contributed by atoms with E-state index in [0.29, 0.717) is 25.9 Å². The van der Waals surface area contributed by atoms with E-state index in [1.165, 1.54) is 11.3 Å². The molecule has 308 valence electrons. The highest BCUT2D eigenvalue weighted by Gasteiger charge is 2.41. The van der Waals surface area contributed by atoms with Gasteiger partial charge in [-0.1, -0.05) is 85.2 Å². The zero-order valence-corrected chi connectivity index (χ0v) is 36.1. The van der Waals surface area contributed by atoms with Crippen LogP contribution < -0.4 is 10.6 Å². The van der Waals surface area contributed by atoms with Crippen LogP contribution in [0.5, 0.6) is 0 Å². The SMILES string of the molecule is CC[C@H](C)[C@@H]([C@@H](CC(=O)N1CC[C@@H]([C@H](OC)[C@@H](C)C(=O)NC(Cc2ccccc2)c2nccs2)C1)OC)N(C)C(=O)[C@@H](NC(=O)[C@H](C(C)C)N(C)C)C(C)C. The summed E-state index contributed by atoms with van der Waals surface area (Å²) in [5.74, 6) is -1.16. The molecule has 1 fully saturated rings. The Balaban J connectivity index is 1.71. The highest BCUT2D eigenvalue weighted by molar-refractivity contribution is 7.09. The fraction of sp³-hybridized carbons (Fsp3) is 0.690. The van der Waals surface area contributed by atoms with Crippen molar-refractivity contribution in [3.63, 3.8) is 0 Å². The van der Waals surface area contributed by atoms with Crippen molar-refractivity contribution >= 4 is 35.0 Å². The lowest BCUT2D eigenvalue weighted by atomic mass is 9.89. The quantitative estimate of drug-likeness (QED) is 0.180. The zero-order valence-electron chi connectivity index (χ0n) is 35.3. The Kier molecular flexibility index (Phi) is 18.2. The molecule has 0 radical (unpaired) electrons. The van der Waals surface area contributed by atoms with Gasteiger partial charge in [0.1, 0.15) is 11.0 Å². The first-order valence-electron chi connectivity index (χ1n) is 19.9. The largest absolute Gasteiger partial charge is 0.380 e. The van der Waals surface area contributed by atoms with Crippen LogP contribution in [0.2, 0.25) is 0 Å². The molecule has 1 aliphatic heterocycles. The summed E-state index contributed by atoms with van der Waals surface area (Å²) in [5, 5.41) is 9.05. The van der Waals surface area contributed by atoms with Crippen molar-refractivity contribution in [1.29, 1.82) is 0 Å². The van der Waals surface area contributed by atoms with Gasteiger partial charge in [0.2, 0.25) is 23.6 Å². The molecule has 1 aromatic carbocycles. The van der Waals surface area contributed by atoms with E-state index in [-0.39, 0.29) is 65.8 Å². The van der Waals surface area contributed by atoms with Gasteiger partial charge < -0.3 is 29.9 Å². The molecule has 0 bridgehead atoms. The molecule has 2 N–H and O–H groups in total. The number of nitrogens with zero attached hydrogens (tertiary/aromatic N) is 4. The Hall–Kier alpha value is -3.39. The number of rotatable bonds is 21. The van der Waals surface area contributed by atoms with Gasteiger partial charge in [-0.05, 0) is 50.3 Å². The van der Waals surface area contributed by atoms with E-state index in [0.717, 1.165) is 17.0 Å². The van der Waals surface area contributed by atoms with Gasteiger partial charge in [0.25, 0.3) is 0 Å². The van der Waals surface area contributed by atoms with E-state index < -0.39 is 30.2 Å². The summed E-state index contributed by atoms with van der Waals surface area (Å²) in [6.07, 6.45) is 2.96. The average molecular weight is 785 g/mol. The van der Waals surface area contributed by atoms with E-state index in [2.05, 4.69) is 29.5 Å². The molecule has 1 saturated heterocycles. The minimum atomic E-state index is -0.738. The van der Waals surface area contributed by atoms with Gasteiger partial charge in [0.05, 0.1) is 42.7 Å². The van der Waals surface area contributed by atoms with Crippen molar-refractivity contribution < 1.29 is 28.7 Å². The number of thiazole rings is 1. The third-order valence-electron chi connectivity index (χ3n) is 11.3. The maximum Gasteiger partial charge on any atom is 0.245 e. The molecule has 0 aliphatic carbocycles. The molecule has 1 unspecified atom stereocenters. The third-order valence-corrected chi connectivity index (χ3v) is 12.2. The number of hydrogen-bond donors (Lipinski definition) is 2. The van der Waals surface area contributed by atoms with Gasteiger partial charge in [0, 0.05) is 51.9 Å². The summed E-state index contributed by atoms with van der Waals surface area (Å²) in [5.41, 5.74) is 1.11. The second-order valence-corrected chi connectivity index (χ2v) is 17.1. The lowest BCUT2D eigenvalue weighted by molar-refractivity contribution is -0.146. The van der Waals surface area contributed by atoms with Crippen LogP contribution >= 0.6 is 11.3 Å². The van der Waals surface area contributed by atoms with Gasteiger partial charge in [-0.3, -0.25) is 24.1 Å². The fourth-order valence-electron chi connectivity index (χ4n) is 8.13. The number of carbonyl (C=O) groups excluding carboxylic acids is 4. The van der Waals surface area contributed by atoms with Gasteiger partial charge in [-0.15, -0.1) is 11.3 Å². The van der Waals surface area contributed by atoms with Crippen LogP contribution in [-0.2, 0) is 35.1 Å². The predicted octanol–water partition coefficient (Wildman–Crippen LogP) is 5.05. The highest BCUT2D eigenvalue weighted by Crippen LogP contribution is 2.30. The standard InChI is InChI=1S/C42H68N6O6S/c1-13-28(6)37(47(10)42(52)35(26(2)3)45-40(51)36(27(4)5)46(8)9)33(53-11)24-34(49)48-21-19-31(25-48)38(54-12)29(7)39(50)44-32(41-43-20-22-55-41)23-30-17-15-14-16-18-30/h14-18,20,22,26-29,31-33,35-38H,13,19,21,23-25H2,1-12H3,(H,44,50)(H,45,51)/t28-,29+,31+,32?,33+,35-,36-,37-,38+/m0/s1. The maximum atomic E-state index is 14.2. The van der Waals surface area contributed by atoms with Crippen LogP contribution in [-0.4, -0.2) is 122 Å². The summed E-state index contributed by atoms with van der Waals surface area (Å²) in [6.45, 7) is 14.8. The first kappa shape index (κ1) is 46.0. The number of carbonyl (C=O) groups is 4. The molecule has 12 nitrogen and oxygen atoms in total. The number of likely N-dealkylation sites (N-methyl/N-ethyl adjacent to an activating group) is 2. The first-order chi connectivity index (χ1) is 26.1. The molecule has 13 heteroatoms. The average Bonchev–Trinajstić information content (AvgIpc) is 3.87. The van der Waals surface area contributed by atoms with E-state index >= 15 is 0 Å². The molecule has 3 rings (SSSR count). The lowest BCUT2D eigenvalue weighted by Crippen LogP contribution is -2.59. The van der Waals surface area contributed by atoms with E-state index in [1.54, 1.807) is 32.4 Å². The summed E-state index contributed by atoms with van der Waals surface area (Å²) in [7, 11) is 8.70. The number of nitrogens with one attached hydrogen (secondary N) is 2. The molecule has 0 spiro atoms. The van der Waals surface area contributed by atoms with Gasteiger partial charge in [-0.25, -0.2) is 4.98 Å². The van der Waals surface area contributed by atoms with Gasteiger partial charge >= 0.3 is 0 Å². The Bertz CT molecular complexity index is 1480. The Labute approximate surface area is 334 Å². The van der Waals surface area contributed by atoms with Crippen LogP contribution in [0.3, 0.4) is 0 Å². The Morgan fingerprint density at radius 1 is 0.945 bits per heavy atom. The summed E-state index contributed by atoms with van der Waals surface area (Å²) >= 11 is 1.52. The molecule has 0 saturated carbocycles. The number of methoxy groups -OCH3 is 2. The first-order valence-corrected chi connectivity index (χ1v) is 20.7. The topological polar surface area (TPSA) is 133 Å². The maximum absolute atomic E-state index is 14.2. The summed E-state index contributed by atoms with van der Waals surface area (Å²) < 4.78 is 12.0. The molecule has 1 aliphatic rings. The van der Waals surface area contributed by atoms with Crippen LogP contribution in [0.25, 0.3) is 0 Å². The van der Waals surface area contributed by atoms with Crippen molar-refractivity contribution in [3.05, 3.63) is 52.5 Å². The van der Waals surface area contributed by atoms with Gasteiger partial charge in [-0.2, -0.15) is 0 Å². The molecule has 2 heterocycles. The minimum Gasteiger partial charge on any atom is -0.380 e. The second-order valence-electron chi connectivity index (χ2n) is 16.2. The van der Waals surface area contributed by atoms with Crippen molar-refractivity contribution in [2.45, 2.75) is 111 Å². The number of hydrogen-bond acceptors (Lipinski definition) is 9. The molecule has 9 atom stereocenters. The zero-order chi connectivity index (χ0) is 41.0. The molecular weight excluding hydrogens is 717 g/mol. The monoisotopic (exact) mass is 784 g/mol. The fourth-order valence-corrected chi connectivity index (χ4v) is 8.82. The minimum absolute atomic E-state index is 0.0130. The molecule has 2 aromatic rings. The number of amides is 4. The highest BCUT2D eigenvalue weighted by atomic mass is 32.1. The van der Waals surface area contributed by atoms with Crippen molar-refractivity contribution in [3.8, 4) is 0 Å². The van der Waals surface area contributed by atoms with Crippen LogP contribution in [0.15, 0.2) is 41.9 Å². The normalized spacial score (nSPS) is 19.0. The lowest BCUT2D eigenvalue weighted by Gasteiger charge is -2.40. The predicted molar refractivity (Wildman–Crippen MR) is 218 cm³/mol. The van der Waals surface area contributed by atoms with Crippen LogP contribution in [0.4, 0.5) is 0 Å². The number of benzene rings is 1. The molecular formula is C42H68N6O6S. The summed E-state index contributed by atoms with van der Waals surface area (Å²) in [6, 6.07) is 8.25. The Morgan fingerprint density at radius 3 is 2.15 bits per heavy atom.